The Balaban J connectivity index is 1.51. The lowest BCUT2D eigenvalue weighted by molar-refractivity contribution is -0.139. The molecule has 1 aliphatic heterocycles. The summed E-state index contributed by atoms with van der Waals surface area (Å²) >= 11 is 4.91. The maximum atomic E-state index is 14.4. The second-order valence-electron chi connectivity index (χ2n) is 10.5. The molecule has 46 heavy (non-hydrogen) atoms. The minimum absolute atomic E-state index is 0.181. The number of thiazole rings is 1. The third-order valence-corrected chi connectivity index (χ3v) is 9.42. The van der Waals surface area contributed by atoms with Crippen LogP contribution in [0.3, 0.4) is 0 Å². The summed E-state index contributed by atoms with van der Waals surface area (Å²) in [5, 5.41) is 1.81. The Morgan fingerprint density at radius 2 is 1.72 bits per heavy atom. The topological polar surface area (TPSA) is 88.4 Å². The van der Waals surface area contributed by atoms with E-state index < -0.39 is 12.0 Å². The highest BCUT2D eigenvalue weighted by Crippen LogP contribution is 2.40. The van der Waals surface area contributed by atoms with Crippen LogP contribution in [0.5, 0.6) is 17.2 Å². The fourth-order valence-electron chi connectivity index (χ4n) is 5.61. The first-order valence-corrected chi connectivity index (χ1v) is 16.2. The number of methoxy groups -OCH3 is 2. The van der Waals surface area contributed by atoms with Gasteiger partial charge in [-0.05, 0) is 60.0 Å². The summed E-state index contributed by atoms with van der Waals surface area (Å²) in [6.07, 6.45) is 1.79. The second-order valence-corrected chi connectivity index (χ2v) is 12.4. The first-order valence-electron chi connectivity index (χ1n) is 14.6. The lowest BCUT2D eigenvalue weighted by Gasteiger charge is -2.27. The minimum Gasteiger partial charge on any atom is -0.496 e. The Morgan fingerprint density at radius 1 is 0.978 bits per heavy atom. The highest BCUT2D eigenvalue weighted by molar-refractivity contribution is 9.10. The van der Waals surface area contributed by atoms with Gasteiger partial charge in [0.05, 0.1) is 36.6 Å². The average molecular weight is 700 g/mol. The summed E-state index contributed by atoms with van der Waals surface area (Å²) in [5.74, 6) is 1.11. The van der Waals surface area contributed by atoms with E-state index in [1.165, 1.54) is 11.3 Å². The van der Waals surface area contributed by atoms with Crippen molar-refractivity contribution in [3.63, 3.8) is 0 Å². The first kappa shape index (κ1) is 31.3. The van der Waals surface area contributed by atoms with Crippen LogP contribution in [0.2, 0.25) is 0 Å². The fourth-order valence-corrected chi connectivity index (χ4v) is 7.08. The molecule has 0 fully saturated rings. The van der Waals surface area contributed by atoms with Crippen LogP contribution in [0.15, 0.2) is 104 Å². The summed E-state index contributed by atoms with van der Waals surface area (Å²) in [5.41, 5.74) is 2.91. The maximum absolute atomic E-state index is 14.4. The van der Waals surface area contributed by atoms with Crippen LogP contribution in [0, 0.1) is 0 Å². The summed E-state index contributed by atoms with van der Waals surface area (Å²) < 4.78 is 25.8. The van der Waals surface area contributed by atoms with Crippen molar-refractivity contribution in [3.8, 4) is 17.2 Å². The van der Waals surface area contributed by atoms with Crippen molar-refractivity contribution in [2.75, 3.05) is 20.8 Å². The molecule has 0 spiro atoms. The molecule has 1 aliphatic rings. The molecule has 1 atom stereocenters. The van der Waals surface area contributed by atoms with Gasteiger partial charge in [-0.1, -0.05) is 87.9 Å². The van der Waals surface area contributed by atoms with Gasteiger partial charge in [-0.3, -0.25) is 9.36 Å². The van der Waals surface area contributed by atoms with E-state index in [4.69, 9.17) is 23.9 Å². The molecule has 4 aromatic carbocycles. The standard InChI is InChI=1S/C36H31BrN2O6S/c1-5-44-35(41)31-21(2)38-36-39(33(31)32-25-14-10-9-13-23(25)15-16-27(32)42-3)34(40)30(46-36)18-24-17-28(43-4)29(19-26(24)37)45-20-22-11-7-6-8-12-22/h6-19,33H,5,20H2,1-4H3/b30-18-. The molecular formula is C36H31BrN2O6S. The third-order valence-electron chi connectivity index (χ3n) is 7.75. The average Bonchev–Trinajstić information content (AvgIpc) is 3.37. The van der Waals surface area contributed by atoms with Crippen LogP contribution in [0.1, 0.15) is 36.6 Å². The molecule has 6 rings (SSSR count). The van der Waals surface area contributed by atoms with Gasteiger partial charge in [0.1, 0.15) is 18.4 Å². The zero-order valence-corrected chi connectivity index (χ0v) is 28.1. The number of carbonyl (C=O) groups is 1. The Morgan fingerprint density at radius 3 is 2.46 bits per heavy atom. The van der Waals surface area contributed by atoms with E-state index in [9.17, 15) is 9.59 Å². The number of ether oxygens (including phenoxy) is 4. The van der Waals surface area contributed by atoms with Gasteiger partial charge >= 0.3 is 5.97 Å². The Bertz CT molecular complexity index is 2170. The summed E-state index contributed by atoms with van der Waals surface area (Å²) in [6.45, 7) is 4.08. The molecular weight excluding hydrogens is 668 g/mol. The van der Waals surface area contributed by atoms with Crippen molar-refractivity contribution in [2.45, 2.75) is 26.5 Å². The molecule has 1 aromatic heterocycles. The Hall–Kier alpha value is -4.67. The predicted molar refractivity (Wildman–Crippen MR) is 182 cm³/mol. The maximum Gasteiger partial charge on any atom is 0.338 e. The third kappa shape index (κ3) is 5.86. The SMILES string of the molecule is CCOC(=O)C1=C(C)N=c2s/c(=C\c3cc(OC)c(OCc4ccccc4)cc3Br)c(=O)n2C1c1c(OC)ccc2ccccc12. The zero-order valence-electron chi connectivity index (χ0n) is 25.7. The number of esters is 1. The molecule has 0 saturated carbocycles. The molecule has 5 aromatic rings. The first-order chi connectivity index (χ1) is 22.3. The van der Waals surface area contributed by atoms with Gasteiger partial charge in [0.15, 0.2) is 16.3 Å². The summed E-state index contributed by atoms with van der Waals surface area (Å²) in [4.78, 5) is 33.1. The van der Waals surface area contributed by atoms with E-state index in [2.05, 4.69) is 15.9 Å². The predicted octanol–water partition coefficient (Wildman–Crippen LogP) is 6.31. The Labute approximate surface area is 278 Å². The van der Waals surface area contributed by atoms with Crippen LogP contribution in [-0.2, 0) is 16.1 Å². The molecule has 2 heterocycles. The number of benzene rings is 4. The van der Waals surface area contributed by atoms with E-state index in [1.54, 1.807) is 38.7 Å². The molecule has 0 N–H and O–H groups in total. The molecule has 0 bridgehead atoms. The van der Waals surface area contributed by atoms with Gasteiger partial charge in [0.25, 0.3) is 5.56 Å². The zero-order chi connectivity index (χ0) is 32.4. The van der Waals surface area contributed by atoms with E-state index in [1.807, 2.05) is 78.9 Å². The quantitative estimate of drug-likeness (QED) is 0.168. The number of rotatable bonds is 9. The Kier molecular flexibility index (Phi) is 9.10. The number of hydrogen-bond donors (Lipinski definition) is 0. The fraction of sp³-hybridized carbons (Fsp3) is 0.194. The lowest BCUT2D eigenvalue weighted by atomic mass is 9.90. The largest absolute Gasteiger partial charge is 0.496 e. The van der Waals surface area contributed by atoms with Crippen molar-refractivity contribution in [1.82, 2.24) is 4.57 Å². The lowest BCUT2D eigenvalue weighted by Crippen LogP contribution is -2.40. The number of carbonyl (C=O) groups excluding carboxylic acids is 1. The van der Waals surface area contributed by atoms with Crippen LogP contribution in [0.25, 0.3) is 16.8 Å². The van der Waals surface area contributed by atoms with Crippen molar-refractivity contribution in [2.24, 2.45) is 4.99 Å². The van der Waals surface area contributed by atoms with Gasteiger partial charge in [0.2, 0.25) is 0 Å². The van der Waals surface area contributed by atoms with Crippen molar-refractivity contribution in [1.29, 1.82) is 0 Å². The van der Waals surface area contributed by atoms with Gasteiger partial charge in [-0.2, -0.15) is 0 Å². The van der Waals surface area contributed by atoms with Gasteiger partial charge < -0.3 is 18.9 Å². The highest BCUT2D eigenvalue weighted by atomic mass is 79.9. The highest BCUT2D eigenvalue weighted by Gasteiger charge is 2.36. The van der Waals surface area contributed by atoms with Gasteiger partial charge in [-0.15, -0.1) is 0 Å². The van der Waals surface area contributed by atoms with E-state index in [-0.39, 0.29) is 12.2 Å². The molecule has 0 aliphatic carbocycles. The molecule has 10 heteroatoms. The molecule has 1 unspecified atom stereocenters. The van der Waals surface area contributed by atoms with Gasteiger partial charge in [0, 0.05) is 10.0 Å². The van der Waals surface area contributed by atoms with Crippen molar-refractivity contribution >= 4 is 50.1 Å². The van der Waals surface area contributed by atoms with Crippen LogP contribution < -0.4 is 29.1 Å². The molecule has 0 amide bonds. The molecule has 234 valence electrons. The molecule has 8 nitrogen and oxygen atoms in total. The number of fused-ring (bicyclic) bond motifs is 2. The van der Waals surface area contributed by atoms with E-state index >= 15 is 0 Å². The second kappa shape index (κ2) is 13.4. The van der Waals surface area contributed by atoms with Crippen molar-refractivity contribution < 1.29 is 23.7 Å². The minimum atomic E-state index is -0.828. The van der Waals surface area contributed by atoms with Crippen LogP contribution >= 0.6 is 27.3 Å². The summed E-state index contributed by atoms with van der Waals surface area (Å²) in [7, 11) is 3.16. The number of halogens is 1. The van der Waals surface area contributed by atoms with Crippen molar-refractivity contribution in [3.05, 3.63) is 131 Å². The summed E-state index contributed by atoms with van der Waals surface area (Å²) in [6, 6.07) is 24.3. The number of aromatic nitrogens is 1. The molecule has 0 radical (unpaired) electrons. The van der Waals surface area contributed by atoms with E-state index in [0.29, 0.717) is 50.0 Å². The molecule has 0 saturated heterocycles. The number of allylic oxidation sites excluding steroid dienone is 1. The van der Waals surface area contributed by atoms with Gasteiger partial charge in [-0.25, -0.2) is 9.79 Å². The smallest absolute Gasteiger partial charge is 0.338 e. The van der Waals surface area contributed by atoms with Crippen LogP contribution in [0.4, 0.5) is 0 Å². The number of nitrogens with zero attached hydrogens (tertiary/aromatic N) is 2. The normalized spacial score (nSPS) is 14.5. The van der Waals surface area contributed by atoms with Crippen LogP contribution in [-0.4, -0.2) is 31.4 Å². The number of hydrogen-bond acceptors (Lipinski definition) is 8. The van der Waals surface area contributed by atoms with E-state index in [0.717, 1.165) is 26.4 Å². The monoisotopic (exact) mass is 698 g/mol.